The van der Waals surface area contributed by atoms with Gasteiger partial charge in [-0.25, -0.2) is 0 Å². The number of nitrogen functional groups attached to an aromatic ring is 1. The van der Waals surface area contributed by atoms with E-state index in [1.54, 1.807) is 4.90 Å². The molecule has 0 spiro atoms. The lowest BCUT2D eigenvalue weighted by molar-refractivity contribution is 0.860. The molecule has 0 unspecified atom stereocenters. The Labute approximate surface area is 70.6 Å². The van der Waals surface area contributed by atoms with E-state index in [2.05, 4.69) is 15.0 Å². The average molecular weight is 168 g/mol. The Morgan fingerprint density at radius 1 is 1.25 bits per heavy atom. The lowest BCUT2D eigenvalue weighted by Gasteiger charge is -2.10. The van der Waals surface area contributed by atoms with Crippen molar-refractivity contribution in [1.82, 2.24) is 15.0 Å². The molecule has 0 atom stereocenters. The van der Waals surface area contributed by atoms with Crippen molar-refractivity contribution in [2.24, 2.45) is 5.73 Å². The smallest absolute Gasteiger partial charge is 0.229 e. The van der Waals surface area contributed by atoms with E-state index in [-0.39, 0.29) is 12.5 Å². The number of hydrogen-bond acceptors (Lipinski definition) is 6. The molecule has 6 heteroatoms. The maximum Gasteiger partial charge on any atom is 0.229 e. The summed E-state index contributed by atoms with van der Waals surface area (Å²) in [7, 11) is 3.66. The molecule has 1 rings (SSSR count). The molecule has 0 fully saturated rings. The van der Waals surface area contributed by atoms with Crippen LogP contribution in [0.2, 0.25) is 0 Å². The van der Waals surface area contributed by atoms with Gasteiger partial charge in [0.15, 0.2) is 0 Å². The molecule has 0 amide bonds. The monoisotopic (exact) mass is 168 g/mol. The third-order valence-corrected chi connectivity index (χ3v) is 1.27. The fourth-order valence-electron chi connectivity index (χ4n) is 0.716. The van der Waals surface area contributed by atoms with Crippen LogP contribution in [0.25, 0.3) is 0 Å². The fourth-order valence-corrected chi connectivity index (χ4v) is 0.716. The van der Waals surface area contributed by atoms with E-state index >= 15 is 0 Å². The zero-order valence-corrected chi connectivity index (χ0v) is 7.15. The third kappa shape index (κ3) is 1.79. The molecule has 0 aromatic carbocycles. The van der Waals surface area contributed by atoms with E-state index in [0.29, 0.717) is 11.8 Å². The van der Waals surface area contributed by atoms with E-state index in [1.165, 1.54) is 0 Å². The molecule has 0 bridgehead atoms. The van der Waals surface area contributed by atoms with Crippen LogP contribution in [0.3, 0.4) is 0 Å². The molecule has 0 aliphatic heterocycles. The van der Waals surface area contributed by atoms with Gasteiger partial charge in [0, 0.05) is 14.1 Å². The Balaban J connectivity index is 3.06. The highest BCUT2D eigenvalue weighted by atomic mass is 15.3. The highest BCUT2D eigenvalue weighted by molar-refractivity contribution is 5.32. The SMILES string of the molecule is CN(C)c1nc(N)nc(CN)n1. The van der Waals surface area contributed by atoms with Gasteiger partial charge in [0.25, 0.3) is 0 Å². The van der Waals surface area contributed by atoms with Gasteiger partial charge in [-0.2, -0.15) is 15.0 Å². The summed E-state index contributed by atoms with van der Waals surface area (Å²) in [6.07, 6.45) is 0. The quantitative estimate of drug-likeness (QED) is 0.587. The number of nitrogens with two attached hydrogens (primary N) is 2. The largest absolute Gasteiger partial charge is 0.368 e. The first kappa shape index (κ1) is 8.66. The van der Waals surface area contributed by atoms with Crippen molar-refractivity contribution < 1.29 is 0 Å². The van der Waals surface area contributed by atoms with Gasteiger partial charge in [0.1, 0.15) is 5.82 Å². The third-order valence-electron chi connectivity index (χ3n) is 1.27. The molecule has 1 aromatic heterocycles. The lowest BCUT2D eigenvalue weighted by atomic mass is 10.6. The van der Waals surface area contributed by atoms with Crippen LogP contribution >= 0.6 is 0 Å². The maximum atomic E-state index is 5.43. The van der Waals surface area contributed by atoms with Gasteiger partial charge in [0.05, 0.1) is 6.54 Å². The first-order valence-corrected chi connectivity index (χ1v) is 3.51. The molecule has 1 aromatic rings. The molecule has 0 saturated carbocycles. The number of rotatable bonds is 2. The predicted octanol–water partition coefficient (Wildman–Crippen LogP) is -1.02. The van der Waals surface area contributed by atoms with Gasteiger partial charge in [-0.1, -0.05) is 0 Å². The number of hydrogen-bond donors (Lipinski definition) is 2. The van der Waals surface area contributed by atoms with Crippen LogP contribution in [-0.4, -0.2) is 29.0 Å². The van der Waals surface area contributed by atoms with E-state index in [4.69, 9.17) is 11.5 Å². The molecule has 0 radical (unpaired) electrons. The fraction of sp³-hybridized carbons (Fsp3) is 0.500. The summed E-state index contributed by atoms with van der Waals surface area (Å²) in [5, 5.41) is 0. The zero-order chi connectivity index (χ0) is 9.14. The van der Waals surface area contributed by atoms with Crippen molar-refractivity contribution in [3.05, 3.63) is 5.82 Å². The van der Waals surface area contributed by atoms with Gasteiger partial charge < -0.3 is 16.4 Å². The molecule has 6 nitrogen and oxygen atoms in total. The summed E-state index contributed by atoms with van der Waals surface area (Å²) in [5.41, 5.74) is 10.8. The molecule has 0 aliphatic rings. The molecule has 66 valence electrons. The van der Waals surface area contributed by atoms with E-state index in [0.717, 1.165) is 0 Å². The minimum atomic E-state index is 0.203. The predicted molar refractivity (Wildman–Crippen MR) is 46.5 cm³/mol. The van der Waals surface area contributed by atoms with Crippen molar-refractivity contribution in [2.75, 3.05) is 24.7 Å². The van der Waals surface area contributed by atoms with Gasteiger partial charge in [-0.15, -0.1) is 0 Å². The second-order valence-electron chi connectivity index (χ2n) is 2.51. The second kappa shape index (κ2) is 3.31. The summed E-state index contributed by atoms with van der Waals surface area (Å²) >= 11 is 0. The topological polar surface area (TPSA) is 94.0 Å². The second-order valence-corrected chi connectivity index (χ2v) is 2.51. The Hall–Kier alpha value is -1.43. The van der Waals surface area contributed by atoms with Gasteiger partial charge in [-0.3, -0.25) is 0 Å². The van der Waals surface area contributed by atoms with Crippen molar-refractivity contribution in [3.63, 3.8) is 0 Å². The highest BCUT2D eigenvalue weighted by Gasteiger charge is 2.03. The summed E-state index contributed by atoms with van der Waals surface area (Å²) in [4.78, 5) is 13.5. The summed E-state index contributed by atoms with van der Waals surface area (Å²) in [6.45, 7) is 0.271. The molecule has 1 heterocycles. The average Bonchev–Trinajstić information content (AvgIpc) is 2.03. The van der Waals surface area contributed by atoms with Gasteiger partial charge in [-0.05, 0) is 0 Å². The Morgan fingerprint density at radius 3 is 2.42 bits per heavy atom. The molecular weight excluding hydrogens is 156 g/mol. The van der Waals surface area contributed by atoms with E-state index < -0.39 is 0 Å². The first-order chi connectivity index (χ1) is 5.63. The number of anilines is 2. The van der Waals surface area contributed by atoms with Crippen LogP contribution in [0.5, 0.6) is 0 Å². The minimum absolute atomic E-state index is 0.203. The van der Waals surface area contributed by atoms with Gasteiger partial charge in [0.2, 0.25) is 11.9 Å². The standard InChI is InChI=1S/C6H12N6/c1-12(2)6-10-4(3-7)9-5(8)11-6/h3,7H2,1-2H3,(H2,8,9,10,11). The summed E-state index contributed by atoms with van der Waals surface area (Å²) in [5.74, 6) is 1.24. The molecular formula is C6H12N6. The lowest BCUT2D eigenvalue weighted by Crippen LogP contribution is -2.17. The zero-order valence-electron chi connectivity index (χ0n) is 7.15. The van der Waals surface area contributed by atoms with Crippen molar-refractivity contribution in [2.45, 2.75) is 6.54 Å². The number of aromatic nitrogens is 3. The van der Waals surface area contributed by atoms with Crippen molar-refractivity contribution in [3.8, 4) is 0 Å². The Morgan fingerprint density at radius 2 is 1.92 bits per heavy atom. The maximum absolute atomic E-state index is 5.43. The molecule has 4 N–H and O–H groups in total. The normalized spacial score (nSPS) is 9.92. The molecule has 0 aliphatic carbocycles. The van der Waals surface area contributed by atoms with Crippen LogP contribution in [0, 0.1) is 0 Å². The summed E-state index contributed by atoms with van der Waals surface area (Å²) < 4.78 is 0. The van der Waals surface area contributed by atoms with Crippen LogP contribution in [0.15, 0.2) is 0 Å². The van der Waals surface area contributed by atoms with Crippen molar-refractivity contribution in [1.29, 1.82) is 0 Å². The minimum Gasteiger partial charge on any atom is -0.368 e. The van der Waals surface area contributed by atoms with Crippen molar-refractivity contribution >= 4 is 11.9 Å². The van der Waals surface area contributed by atoms with E-state index in [1.807, 2.05) is 14.1 Å². The van der Waals surface area contributed by atoms with Gasteiger partial charge >= 0.3 is 0 Å². The molecule has 0 saturated heterocycles. The Kier molecular flexibility index (Phi) is 2.39. The molecule has 12 heavy (non-hydrogen) atoms. The van der Waals surface area contributed by atoms with Crippen LogP contribution in [0.4, 0.5) is 11.9 Å². The summed E-state index contributed by atoms with van der Waals surface area (Å²) in [6, 6.07) is 0. The van der Waals surface area contributed by atoms with Crippen LogP contribution in [0.1, 0.15) is 5.82 Å². The first-order valence-electron chi connectivity index (χ1n) is 3.51. The van der Waals surface area contributed by atoms with Crippen LogP contribution < -0.4 is 16.4 Å². The Bertz CT molecular complexity index is 271. The van der Waals surface area contributed by atoms with E-state index in [9.17, 15) is 0 Å². The van der Waals surface area contributed by atoms with Crippen LogP contribution in [-0.2, 0) is 6.54 Å². The number of nitrogens with zero attached hydrogens (tertiary/aromatic N) is 4. The highest BCUT2D eigenvalue weighted by Crippen LogP contribution is 2.04.